The van der Waals surface area contributed by atoms with E-state index < -0.39 is 11.7 Å². The molecular formula is C8H5BrN2O2. The summed E-state index contributed by atoms with van der Waals surface area (Å²) in [5, 5.41) is 0.865. The van der Waals surface area contributed by atoms with Gasteiger partial charge < -0.3 is 0 Å². The lowest BCUT2D eigenvalue weighted by Crippen LogP contribution is -2.35. The quantitative estimate of drug-likeness (QED) is 0.416. The summed E-state index contributed by atoms with van der Waals surface area (Å²) in [5.41, 5.74) is 0.806. The van der Waals surface area contributed by atoms with Crippen LogP contribution in [-0.4, -0.2) is 11.7 Å². The van der Waals surface area contributed by atoms with Crippen LogP contribution in [0.4, 0.5) is 5.69 Å². The fourth-order valence-electron chi connectivity index (χ4n) is 1.23. The fraction of sp³-hybridized carbons (Fsp3) is 0. The molecule has 1 heterocycles. The lowest BCUT2D eigenvalue weighted by molar-refractivity contribution is -0.114. The zero-order valence-corrected chi connectivity index (χ0v) is 8.04. The third-order valence-electron chi connectivity index (χ3n) is 1.88. The number of ketones is 1. The second kappa shape index (κ2) is 2.65. The smallest absolute Gasteiger partial charge is 0.283 e. The number of carbonyl (C=O) groups is 2. The van der Waals surface area contributed by atoms with Gasteiger partial charge in [-0.05, 0) is 18.2 Å². The molecule has 0 bridgehead atoms. The van der Waals surface area contributed by atoms with Gasteiger partial charge in [0.25, 0.3) is 5.78 Å². The van der Waals surface area contributed by atoms with E-state index in [0.29, 0.717) is 11.3 Å². The number of nitrogens with two attached hydrogens (primary N) is 1. The Hall–Kier alpha value is -1.20. The average molecular weight is 241 g/mol. The van der Waals surface area contributed by atoms with Crippen LogP contribution in [-0.2, 0) is 4.79 Å². The van der Waals surface area contributed by atoms with E-state index in [1.165, 1.54) is 0 Å². The second-order valence-corrected chi connectivity index (χ2v) is 3.58. The lowest BCUT2D eigenvalue weighted by atomic mass is 10.1. The second-order valence-electron chi connectivity index (χ2n) is 2.67. The predicted molar refractivity (Wildman–Crippen MR) is 50.1 cm³/mol. The summed E-state index contributed by atoms with van der Waals surface area (Å²) in [4.78, 5) is 22.4. The van der Waals surface area contributed by atoms with Crippen molar-refractivity contribution in [1.82, 2.24) is 0 Å². The fourth-order valence-corrected chi connectivity index (χ4v) is 1.60. The van der Waals surface area contributed by atoms with E-state index in [1.807, 2.05) is 0 Å². The largest absolute Gasteiger partial charge is 0.313 e. The molecule has 0 unspecified atom stereocenters. The maximum atomic E-state index is 11.3. The number of anilines is 1. The minimum atomic E-state index is -0.687. The maximum Gasteiger partial charge on any atom is 0.313 e. The number of hydrogen-bond acceptors (Lipinski definition) is 3. The SMILES string of the molecule is NN1C(=O)C(=O)c2cc(Br)ccc21. The Kier molecular flexibility index (Phi) is 1.71. The number of Topliss-reactive ketones (excluding diaryl/α,β-unsaturated/α-hetero) is 1. The molecule has 5 heteroatoms. The molecule has 0 saturated carbocycles. The Morgan fingerprint density at radius 3 is 2.69 bits per heavy atom. The number of carbonyl (C=O) groups excluding carboxylic acids is 2. The number of amides is 1. The highest BCUT2D eigenvalue weighted by atomic mass is 79.9. The minimum absolute atomic E-state index is 0.349. The molecular weight excluding hydrogens is 236 g/mol. The topological polar surface area (TPSA) is 63.4 Å². The number of nitrogens with zero attached hydrogens (tertiary/aromatic N) is 1. The van der Waals surface area contributed by atoms with Crippen LogP contribution in [0.1, 0.15) is 10.4 Å². The first-order chi connectivity index (χ1) is 6.11. The van der Waals surface area contributed by atoms with Crippen LogP contribution < -0.4 is 10.9 Å². The van der Waals surface area contributed by atoms with Gasteiger partial charge in [-0.25, -0.2) is 10.9 Å². The molecule has 1 aliphatic rings. The number of halogens is 1. The molecule has 2 rings (SSSR count). The molecule has 0 aliphatic carbocycles. The number of fused-ring (bicyclic) bond motifs is 1. The molecule has 4 nitrogen and oxygen atoms in total. The molecule has 0 radical (unpaired) electrons. The van der Waals surface area contributed by atoms with Gasteiger partial charge in [-0.3, -0.25) is 9.59 Å². The summed E-state index contributed by atoms with van der Waals surface area (Å²) in [6.07, 6.45) is 0. The van der Waals surface area contributed by atoms with Crippen molar-refractivity contribution in [3.8, 4) is 0 Å². The van der Waals surface area contributed by atoms with Gasteiger partial charge in [-0.15, -0.1) is 0 Å². The summed E-state index contributed by atoms with van der Waals surface area (Å²) in [6, 6.07) is 4.94. The van der Waals surface area contributed by atoms with Crippen LogP contribution in [0.25, 0.3) is 0 Å². The van der Waals surface area contributed by atoms with Crippen molar-refractivity contribution in [2.24, 2.45) is 5.84 Å². The van der Waals surface area contributed by atoms with E-state index in [2.05, 4.69) is 15.9 Å². The van der Waals surface area contributed by atoms with Crippen molar-refractivity contribution in [2.45, 2.75) is 0 Å². The van der Waals surface area contributed by atoms with Crippen LogP contribution in [0, 0.1) is 0 Å². The van der Waals surface area contributed by atoms with Crippen LogP contribution in [0.5, 0.6) is 0 Å². The van der Waals surface area contributed by atoms with Gasteiger partial charge in [0, 0.05) is 4.47 Å². The molecule has 0 fully saturated rings. The number of benzene rings is 1. The number of hydrogen-bond donors (Lipinski definition) is 1. The number of hydrazine groups is 1. The van der Waals surface area contributed by atoms with Gasteiger partial charge in [-0.2, -0.15) is 0 Å². The summed E-state index contributed by atoms with van der Waals surface area (Å²) in [6.45, 7) is 0. The first-order valence-electron chi connectivity index (χ1n) is 3.54. The highest BCUT2D eigenvalue weighted by Gasteiger charge is 2.33. The molecule has 0 atom stereocenters. The maximum absolute atomic E-state index is 11.3. The van der Waals surface area contributed by atoms with Crippen molar-refractivity contribution in [1.29, 1.82) is 0 Å². The summed E-state index contributed by atoms with van der Waals surface area (Å²) in [7, 11) is 0. The zero-order valence-electron chi connectivity index (χ0n) is 6.45. The van der Waals surface area contributed by atoms with E-state index in [4.69, 9.17) is 5.84 Å². The Labute approximate surface area is 82.4 Å². The molecule has 1 aliphatic heterocycles. The first kappa shape index (κ1) is 8.40. The summed E-state index contributed by atoms with van der Waals surface area (Å²) >= 11 is 3.21. The lowest BCUT2D eigenvalue weighted by Gasteiger charge is -2.06. The van der Waals surface area contributed by atoms with E-state index in [9.17, 15) is 9.59 Å². The molecule has 1 amide bonds. The van der Waals surface area contributed by atoms with Crippen molar-refractivity contribution in [3.05, 3.63) is 28.2 Å². The van der Waals surface area contributed by atoms with Crippen LogP contribution in [0.15, 0.2) is 22.7 Å². The van der Waals surface area contributed by atoms with Gasteiger partial charge >= 0.3 is 5.91 Å². The Balaban J connectivity index is 2.67. The average Bonchev–Trinajstić information content (AvgIpc) is 2.32. The normalized spacial score (nSPS) is 15.1. The summed E-state index contributed by atoms with van der Waals surface area (Å²) in [5.74, 6) is 4.13. The van der Waals surface area contributed by atoms with Crippen LogP contribution in [0.3, 0.4) is 0 Å². The van der Waals surface area contributed by atoms with Crippen LogP contribution >= 0.6 is 15.9 Å². The zero-order chi connectivity index (χ0) is 9.59. The third kappa shape index (κ3) is 1.08. The van der Waals surface area contributed by atoms with Crippen molar-refractivity contribution >= 4 is 33.3 Å². The Morgan fingerprint density at radius 1 is 1.31 bits per heavy atom. The number of rotatable bonds is 0. The van der Waals surface area contributed by atoms with E-state index >= 15 is 0 Å². The Bertz CT molecular complexity index is 417. The van der Waals surface area contributed by atoms with Gasteiger partial charge in [0.2, 0.25) is 0 Å². The highest BCUT2D eigenvalue weighted by Crippen LogP contribution is 2.28. The van der Waals surface area contributed by atoms with Gasteiger partial charge in [0.15, 0.2) is 0 Å². The molecule has 0 spiro atoms. The Morgan fingerprint density at radius 2 is 2.00 bits per heavy atom. The van der Waals surface area contributed by atoms with E-state index in [0.717, 1.165) is 9.48 Å². The monoisotopic (exact) mass is 240 g/mol. The summed E-state index contributed by atoms with van der Waals surface area (Å²) < 4.78 is 0.753. The minimum Gasteiger partial charge on any atom is -0.283 e. The first-order valence-corrected chi connectivity index (χ1v) is 4.33. The van der Waals surface area contributed by atoms with Crippen LogP contribution in [0.2, 0.25) is 0 Å². The molecule has 0 aromatic heterocycles. The standard InChI is InChI=1S/C8H5BrN2O2/c9-4-1-2-6-5(3-4)7(12)8(13)11(6)10/h1-3H,10H2. The molecule has 13 heavy (non-hydrogen) atoms. The van der Waals surface area contributed by atoms with Crippen molar-refractivity contribution in [2.75, 3.05) is 5.01 Å². The van der Waals surface area contributed by atoms with Crippen molar-refractivity contribution < 1.29 is 9.59 Å². The van der Waals surface area contributed by atoms with Gasteiger partial charge in [0.1, 0.15) is 0 Å². The van der Waals surface area contributed by atoms with E-state index in [-0.39, 0.29) is 0 Å². The molecule has 0 saturated heterocycles. The predicted octanol–water partition coefficient (Wildman–Crippen LogP) is 0.852. The molecule has 1 aromatic carbocycles. The highest BCUT2D eigenvalue weighted by molar-refractivity contribution is 9.10. The molecule has 2 N–H and O–H groups in total. The van der Waals surface area contributed by atoms with Gasteiger partial charge in [0.05, 0.1) is 11.3 Å². The molecule has 66 valence electrons. The van der Waals surface area contributed by atoms with E-state index in [1.54, 1.807) is 18.2 Å². The molecule has 1 aromatic rings. The van der Waals surface area contributed by atoms with Crippen molar-refractivity contribution in [3.63, 3.8) is 0 Å². The van der Waals surface area contributed by atoms with Gasteiger partial charge in [-0.1, -0.05) is 15.9 Å². The third-order valence-corrected chi connectivity index (χ3v) is 2.37.